The van der Waals surface area contributed by atoms with Gasteiger partial charge >= 0.3 is 0 Å². The first-order valence-electron chi connectivity index (χ1n) is 4.18. The third-order valence-electron chi connectivity index (χ3n) is 1.85. The van der Waals surface area contributed by atoms with Gasteiger partial charge in [0.15, 0.2) is 0 Å². The van der Waals surface area contributed by atoms with Crippen LogP contribution in [0.1, 0.15) is 10.4 Å². The normalized spacial score (nSPS) is 8.88. The van der Waals surface area contributed by atoms with Gasteiger partial charge in [-0.1, -0.05) is 17.5 Å². The Morgan fingerprint density at radius 1 is 1.38 bits per heavy atom. The third-order valence-corrected chi connectivity index (χ3v) is 1.85. The van der Waals surface area contributed by atoms with Gasteiger partial charge in [0.1, 0.15) is 0 Å². The Hall–Kier alpha value is -0.906. The molecule has 0 aliphatic carbocycles. The number of rotatable bonds is 1. The monoisotopic (exact) mass is 293 g/mol. The van der Waals surface area contributed by atoms with Gasteiger partial charge in [0.2, 0.25) is 0 Å². The smallest absolute Gasteiger partial charge is 0.250 e. The van der Waals surface area contributed by atoms with Crippen LogP contribution in [0.5, 0.6) is 0 Å². The summed E-state index contributed by atoms with van der Waals surface area (Å²) in [6, 6.07) is 5.28. The van der Waals surface area contributed by atoms with Gasteiger partial charge in [0.05, 0.1) is 11.1 Å². The van der Waals surface area contributed by atoms with E-state index < -0.39 is 5.91 Å². The summed E-state index contributed by atoms with van der Waals surface area (Å²) in [5.74, 6) is -0.468. The van der Waals surface area contributed by atoms with Crippen molar-refractivity contribution in [3.8, 4) is 0 Å². The minimum Gasteiger partial charge on any atom is -0.486 e. The Labute approximate surface area is 119 Å². The van der Waals surface area contributed by atoms with Crippen molar-refractivity contribution in [2.45, 2.75) is 0 Å². The molecule has 0 saturated carbocycles. The second-order valence-electron chi connectivity index (χ2n) is 2.78. The molecule has 0 atom stereocenters. The maximum Gasteiger partial charge on any atom is 0.250 e. The number of hydrogen-bond donors (Lipinski definition) is 2. The molecule has 2 aromatic rings. The number of hydrogen-bond acceptors (Lipinski definition) is 3. The van der Waals surface area contributed by atoms with Crippen LogP contribution in [0.4, 0.5) is 0 Å². The van der Waals surface area contributed by atoms with Crippen molar-refractivity contribution in [2.24, 2.45) is 11.5 Å². The molecule has 0 aliphatic heterocycles. The van der Waals surface area contributed by atoms with Gasteiger partial charge in [-0.15, -0.1) is 6.20 Å². The second-order valence-corrected chi connectivity index (χ2v) is 2.78. The molecule has 4 N–H and O–H groups in total. The molecule has 1 amide bonds. The maximum absolute atomic E-state index is 11.0. The van der Waals surface area contributed by atoms with Crippen molar-refractivity contribution in [2.75, 3.05) is 0 Å². The summed E-state index contributed by atoms with van der Waals surface area (Å²) < 4.78 is 1.41. The first-order chi connectivity index (χ1) is 7.18. The summed E-state index contributed by atoms with van der Waals surface area (Å²) in [6.07, 6.45) is 1.74. The SMILES string of the molecule is [CH2-]N.[CH2-]n1cc2cccc(C(N)=O)c2n1.[Y]. The van der Waals surface area contributed by atoms with E-state index in [-0.39, 0.29) is 32.7 Å². The van der Waals surface area contributed by atoms with Crippen LogP contribution in [0.15, 0.2) is 24.4 Å². The molecule has 16 heavy (non-hydrogen) atoms. The molecule has 0 spiro atoms. The van der Waals surface area contributed by atoms with Gasteiger partial charge in [-0.2, -0.15) is 7.05 Å². The van der Waals surface area contributed by atoms with Crippen molar-refractivity contribution in [3.63, 3.8) is 0 Å². The first-order valence-corrected chi connectivity index (χ1v) is 4.18. The number of nitrogens with two attached hydrogens (primary N) is 2. The average molecular weight is 293 g/mol. The average Bonchev–Trinajstić information content (AvgIpc) is 2.60. The van der Waals surface area contributed by atoms with Crippen LogP contribution in [-0.4, -0.2) is 15.7 Å². The van der Waals surface area contributed by atoms with Gasteiger partial charge in [-0.25, -0.2) is 5.10 Å². The molecule has 0 fully saturated rings. The molecular formula is C10H12N4OY-2. The van der Waals surface area contributed by atoms with E-state index in [0.29, 0.717) is 11.1 Å². The number of aromatic nitrogens is 2. The molecule has 0 aliphatic rings. The Kier molecular flexibility index (Phi) is 6.25. The molecule has 5 nitrogen and oxygen atoms in total. The van der Waals surface area contributed by atoms with E-state index in [1.807, 2.05) is 6.07 Å². The molecule has 0 unspecified atom stereocenters. The number of carbonyl (C=O) groups is 1. The molecule has 83 valence electrons. The Morgan fingerprint density at radius 2 is 2.00 bits per heavy atom. The molecule has 0 bridgehead atoms. The molecular weight excluding hydrogens is 281 g/mol. The second kappa shape index (κ2) is 6.63. The van der Waals surface area contributed by atoms with Crippen LogP contribution in [0.3, 0.4) is 0 Å². The van der Waals surface area contributed by atoms with Crippen LogP contribution in [0.25, 0.3) is 10.9 Å². The fourth-order valence-electron chi connectivity index (χ4n) is 1.29. The molecule has 1 aromatic carbocycles. The molecule has 1 aromatic heterocycles. The van der Waals surface area contributed by atoms with E-state index >= 15 is 0 Å². The maximum atomic E-state index is 11.0. The zero-order valence-corrected chi connectivity index (χ0v) is 11.6. The van der Waals surface area contributed by atoms with E-state index in [1.54, 1.807) is 18.3 Å². The number of fused-ring (bicyclic) bond motifs is 1. The zero-order chi connectivity index (χ0) is 11.4. The standard InChI is InChI=1S/C9H8N3O.CH4N.Y/c1-12-5-6-3-2-4-7(9(10)13)8(6)11-12;1-2;/h2-5H,1H2,(H2,10,13);1-2H2;/q2*-1;. The van der Waals surface area contributed by atoms with Crippen LogP contribution in [0.2, 0.25) is 0 Å². The van der Waals surface area contributed by atoms with Crippen LogP contribution in [0, 0.1) is 14.1 Å². The van der Waals surface area contributed by atoms with E-state index in [4.69, 9.17) is 5.73 Å². The number of primary amides is 1. The van der Waals surface area contributed by atoms with E-state index in [1.165, 1.54) is 4.68 Å². The fourth-order valence-corrected chi connectivity index (χ4v) is 1.29. The van der Waals surface area contributed by atoms with E-state index in [0.717, 1.165) is 5.39 Å². The third kappa shape index (κ3) is 3.04. The minimum atomic E-state index is -0.468. The van der Waals surface area contributed by atoms with Crippen molar-refractivity contribution < 1.29 is 37.5 Å². The quantitative estimate of drug-likeness (QED) is 0.751. The summed E-state index contributed by atoms with van der Waals surface area (Å²) in [6.45, 7) is 0. The van der Waals surface area contributed by atoms with Crippen LogP contribution in [-0.2, 0) is 32.7 Å². The van der Waals surface area contributed by atoms with Gasteiger partial charge in [0, 0.05) is 32.7 Å². The Balaban J connectivity index is 0.000000711. The number of nitrogens with zero attached hydrogens (tertiary/aromatic N) is 2. The zero-order valence-electron chi connectivity index (χ0n) is 8.76. The fraction of sp³-hybridized carbons (Fsp3) is 0. The number of amides is 1. The van der Waals surface area contributed by atoms with Crippen molar-refractivity contribution in [1.29, 1.82) is 0 Å². The summed E-state index contributed by atoms with van der Waals surface area (Å²) in [5, 5.41) is 4.91. The molecule has 2 rings (SSSR count). The predicted molar refractivity (Wildman–Crippen MR) is 58.6 cm³/mol. The van der Waals surface area contributed by atoms with E-state index in [2.05, 4.69) is 24.9 Å². The summed E-state index contributed by atoms with van der Waals surface area (Å²) in [7, 11) is 6.36. The van der Waals surface area contributed by atoms with E-state index in [9.17, 15) is 4.79 Å². The molecule has 6 heteroatoms. The van der Waals surface area contributed by atoms with Gasteiger partial charge < -0.3 is 16.1 Å². The molecule has 1 heterocycles. The summed E-state index contributed by atoms with van der Waals surface area (Å²) in [4.78, 5) is 11.0. The predicted octanol–water partition coefficient (Wildman–Crippen LogP) is 0.509. The summed E-state index contributed by atoms with van der Waals surface area (Å²) >= 11 is 0. The Morgan fingerprint density at radius 3 is 2.56 bits per heavy atom. The van der Waals surface area contributed by atoms with Crippen molar-refractivity contribution >= 4 is 16.8 Å². The van der Waals surface area contributed by atoms with Gasteiger partial charge in [-0.05, 0) is 6.07 Å². The van der Waals surface area contributed by atoms with Gasteiger partial charge in [-0.3, -0.25) is 11.8 Å². The van der Waals surface area contributed by atoms with Crippen molar-refractivity contribution in [3.05, 3.63) is 44.1 Å². The molecule has 1 radical (unpaired) electrons. The topological polar surface area (TPSA) is 86.9 Å². The Bertz CT molecular complexity index is 481. The number of benzene rings is 1. The first kappa shape index (κ1) is 15.1. The summed E-state index contributed by atoms with van der Waals surface area (Å²) in [5.41, 5.74) is 10.5. The van der Waals surface area contributed by atoms with Crippen LogP contribution < -0.4 is 11.5 Å². The van der Waals surface area contributed by atoms with Crippen molar-refractivity contribution in [1.82, 2.24) is 9.78 Å². The largest absolute Gasteiger partial charge is 0.486 e. The minimum absolute atomic E-state index is 0. The molecule has 0 saturated heterocycles. The number of carbonyl (C=O) groups excluding carboxylic acids is 1. The van der Waals surface area contributed by atoms with Gasteiger partial charge in [0.25, 0.3) is 5.91 Å². The van der Waals surface area contributed by atoms with Crippen LogP contribution >= 0.6 is 0 Å².